The van der Waals surface area contributed by atoms with E-state index >= 15 is 0 Å². The highest BCUT2D eigenvalue weighted by atomic mass is 79.9. The van der Waals surface area contributed by atoms with Gasteiger partial charge in [-0.15, -0.1) is 11.3 Å². The first kappa shape index (κ1) is 10.5. The summed E-state index contributed by atoms with van der Waals surface area (Å²) < 4.78 is 1.12. The SMILES string of the molecule is CN=C(NN)NCc1csc(Br)c1. The van der Waals surface area contributed by atoms with E-state index in [0.29, 0.717) is 5.96 Å². The van der Waals surface area contributed by atoms with Gasteiger partial charge in [-0.1, -0.05) is 0 Å². The van der Waals surface area contributed by atoms with Gasteiger partial charge in [0.25, 0.3) is 0 Å². The van der Waals surface area contributed by atoms with Crippen molar-refractivity contribution in [3.8, 4) is 0 Å². The molecule has 0 aromatic carbocycles. The Kier molecular flexibility index (Phi) is 4.20. The first-order valence-corrected chi connectivity index (χ1v) is 5.33. The maximum Gasteiger partial charge on any atom is 0.205 e. The lowest BCUT2D eigenvalue weighted by molar-refractivity contribution is 0.842. The van der Waals surface area contributed by atoms with Gasteiger partial charge in [0.05, 0.1) is 3.79 Å². The van der Waals surface area contributed by atoms with Crippen molar-refractivity contribution in [2.45, 2.75) is 6.54 Å². The molecule has 0 atom stereocenters. The van der Waals surface area contributed by atoms with E-state index in [0.717, 1.165) is 10.3 Å². The molecule has 0 saturated carbocycles. The number of hydrogen-bond donors (Lipinski definition) is 3. The maximum atomic E-state index is 5.20. The molecule has 13 heavy (non-hydrogen) atoms. The minimum atomic E-state index is 0.585. The predicted molar refractivity (Wildman–Crippen MR) is 59.5 cm³/mol. The number of thiophene rings is 1. The summed E-state index contributed by atoms with van der Waals surface area (Å²) in [5, 5.41) is 5.12. The first-order valence-electron chi connectivity index (χ1n) is 3.66. The first-order chi connectivity index (χ1) is 6.26. The highest BCUT2D eigenvalue weighted by Crippen LogP contribution is 2.20. The van der Waals surface area contributed by atoms with E-state index in [1.54, 1.807) is 18.4 Å². The molecule has 0 saturated heterocycles. The fourth-order valence-electron chi connectivity index (χ4n) is 0.819. The standard InChI is InChI=1S/C7H11BrN4S/c1-10-7(12-9)11-3-5-2-6(8)13-4-5/h2,4H,3,9H2,1H3,(H2,10,11,12). The van der Waals surface area contributed by atoms with Crippen LogP contribution in [-0.4, -0.2) is 13.0 Å². The number of halogens is 1. The van der Waals surface area contributed by atoms with Gasteiger partial charge in [0.1, 0.15) is 0 Å². The molecule has 0 aliphatic heterocycles. The van der Waals surface area contributed by atoms with Crippen LogP contribution in [-0.2, 0) is 6.54 Å². The molecule has 1 rings (SSSR count). The molecule has 0 amide bonds. The van der Waals surface area contributed by atoms with E-state index in [1.807, 2.05) is 0 Å². The lowest BCUT2D eigenvalue weighted by atomic mass is 10.3. The number of nitrogens with zero attached hydrogens (tertiary/aromatic N) is 1. The summed E-state index contributed by atoms with van der Waals surface area (Å²) in [6, 6.07) is 2.06. The van der Waals surface area contributed by atoms with E-state index in [-0.39, 0.29) is 0 Å². The van der Waals surface area contributed by atoms with Crippen LogP contribution in [0, 0.1) is 0 Å². The molecule has 0 bridgehead atoms. The molecule has 0 unspecified atom stereocenters. The third-order valence-corrected chi connectivity index (χ3v) is 3.00. The number of hydrogen-bond acceptors (Lipinski definition) is 3. The number of rotatable bonds is 2. The van der Waals surface area contributed by atoms with Crippen LogP contribution in [0.5, 0.6) is 0 Å². The fraction of sp³-hybridized carbons (Fsp3) is 0.286. The summed E-state index contributed by atoms with van der Waals surface area (Å²) >= 11 is 5.05. The summed E-state index contributed by atoms with van der Waals surface area (Å²) in [6.45, 7) is 0.721. The van der Waals surface area contributed by atoms with E-state index in [1.165, 1.54) is 5.56 Å². The van der Waals surface area contributed by atoms with Crippen molar-refractivity contribution >= 4 is 33.2 Å². The van der Waals surface area contributed by atoms with Gasteiger partial charge < -0.3 is 5.32 Å². The molecule has 72 valence electrons. The number of nitrogens with two attached hydrogens (primary N) is 1. The molecule has 0 aliphatic rings. The molecule has 0 radical (unpaired) electrons. The third-order valence-electron chi connectivity index (χ3n) is 1.44. The Morgan fingerprint density at radius 1 is 1.77 bits per heavy atom. The fourth-order valence-corrected chi connectivity index (χ4v) is 2.03. The van der Waals surface area contributed by atoms with Crippen molar-refractivity contribution in [1.82, 2.24) is 10.7 Å². The van der Waals surface area contributed by atoms with Gasteiger partial charge in [-0.05, 0) is 32.9 Å². The molecule has 1 heterocycles. The van der Waals surface area contributed by atoms with Crippen LogP contribution >= 0.6 is 27.3 Å². The zero-order valence-electron chi connectivity index (χ0n) is 7.17. The molecule has 1 aromatic rings. The van der Waals surface area contributed by atoms with Gasteiger partial charge in [-0.2, -0.15) is 0 Å². The summed E-state index contributed by atoms with van der Waals surface area (Å²) in [5.74, 6) is 5.79. The van der Waals surface area contributed by atoms with Crippen LogP contribution < -0.4 is 16.6 Å². The Balaban J connectivity index is 2.43. The molecular weight excluding hydrogens is 252 g/mol. The second kappa shape index (κ2) is 5.21. The Morgan fingerprint density at radius 3 is 3.00 bits per heavy atom. The van der Waals surface area contributed by atoms with Crippen molar-refractivity contribution in [3.05, 3.63) is 20.8 Å². The van der Waals surface area contributed by atoms with E-state index in [9.17, 15) is 0 Å². The minimum absolute atomic E-state index is 0.585. The lowest BCUT2D eigenvalue weighted by Crippen LogP contribution is -2.40. The van der Waals surface area contributed by atoms with Gasteiger partial charge in [0.15, 0.2) is 0 Å². The molecule has 6 heteroatoms. The van der Waals surface area contributed by atoms with Crippen molar-refractivity contribution < 1.29 is 0 Å². The molecule has 4 N–H and O–H groups in total. The Hall–Kier alpha value is -0.590. The Morgan fingerprint density at radius 2 is 2.54 bits per heavy atom. The minimum Gasteiger partial charge on any atom is -0.351 e. The van der Waals surface area contributed by atoms with E-state index in [2.05, 4.69) is 43.1 Å². The maximum absolute atomic E-state index is 5.20. The van der Waals surface area contributed by atoms with Crippen LogP contribution in [0.2, 0.25) is 0 Å². The smallest absolute Gasteiger partial charge is 0.205 e. The second-order valence-corrected chi connectivity index (χ2v) is 4.62. The van der Waals surface area contributed by atoms with Gasteiger partial charge in [-0.3, -0.25) is 10.4 Å². The summed E-state index contributed by atoms with van der Waals surface area (Å²) in [5.41, 5.74) is 3.66. The van der Waals surface area contributed by atoms with Crippen LogP contribution in [0.4, 0.5) is 0 Å². The monoisotopic (exact) mass is 262 g/mol. The lowest BCUT2D eigenvalue weighted by Gasteiger charge is -2.05. The van der Waals surface area contributed by atoms with Crippen LogP contribution in [0.25, 0.3) is 0 Å². The Bertz CT molecular complexity index is 296. The van der Waals surface area contributed by atoms with Crippen molar-refractivity contribution in [2.75, 3.05) is 7.05 Å². The molecule has 4 nitrogen and oxygen atoms in total. The van der Waals surface area contributed by atoms with Crippen LogP contribution in [0.3, 0.4) is 0 Å². The largest absolute Gasteiger partial charge is 0.351 e. The molecule has 0 spiro atoms. The van der Waals surface area contributed by atoms with Gasteiger partial charge in [-0.25, -0.2) is 5.84 Å². The normalized spacial score (nSPS) is 11.5. The zero-order chi connectivity index (χ0) is 9.68. The second-order valence-electron chi connectivity index (χ2n) is 2.33. The topological polar surface area (TPSA) is 62.4 Å². The number of hydrazine groups is 1. The van der Waals surface area contributed by atoms with Crippen molar-refractivity contribution in [2.24, 2.45) is 10.8 Å². The molecule has 0 fully saturated rings. The zero-order valence-corrected chi connectivity index (χ0v) is 9.58. The third kappa shape index (κ3) is 3.33. The predicted octanol–water partition coefficient (Wildman–Crippen LogP) is 1.05. The van der Waals surface area contributed by atoms with Gasteiger partial charge >= 0.3 is 0 Å². The van der Waals surface area contributed by atoms with Gasteiger partial charge in [0, 0.05) is 13.6 Å². The van der Waals surface area contributed by atoms with E-state index in [4.69, 9.17) is 5.84 Å². The number of aliphatic imine (C=N–C) groups is 1. The summed E-state index contributed by atoms with van der Waals surface area (Å²) in [4.78, 5) is 3.89. The number of guanidine groups is 1. The molecular formula is C7H11BrN4S. The van der Waals surface area contributed by atoms with Crippen LogP contribution in [0.1, 0.15) is 5.56 Å². The highest BCUT2D eigenvalue weighted by Gasteiger charge is 1.98. The summed E-state index contributed by atoms with van der Waals surface area (Å²) in [7, 11) is 1.67. The average molecular weight is 263 g/mol. The quantitative estimate of drug-likeness (QED) is 0.323. The van der Waals surface area contributed by atoms with Crippen LogP contribution in [0.15, 0.2) is 20.2 Å². The van der Waals surface area contributed by atoms with Crippen molar-refractivity contribution in [1.29, 1.82) is 0 Å². The number of nitrogens with one attached hydrogen (secondary N) is 2. The van der Waals surface area contributed by atoms with Crippen molar-refractivity contribution in [3.63, 3.8) is 0 Å². The van der Waals surface area contributed by atoms with Gasteiger partial charge in [0.2, 0.25) is 5.96 Å². The Labute approximate surface area is 89.3 Å². The molecule has 0 aliphatic carbocycles. The highest BCUT2D eigenvalue weighted by molar-refractivity contribution is 9.11. The summed E-state index contributed by atoms with van der Waals surface area (Å²) in [6.07, 6.45) is 0. The average Bonchev–Trinajstić information content (AvgIpc) is 2.53. The van der Waals surface area contributed by atoms with E-state index < -0.39 is 0 Å². The molecule has 1 aromatic heterocycles.